The number of hydrogen-bond acceptors (Lipinski definition) is 2. The third-order valence-electron chi connectivity index (χ3n) is 13.5. The highest BCUT2D eigenvalue weighted by atomic mass is 16.3. The number of benzene rings is 10. The molecule has 1 aromatic heterocycles. The van der Waals surface area contributed by atoms with Crippen molar-refractivity contribution in [1.82, 2.24) is 0 Å². The van der Waals surface area contributed by atoms with Crippen LogP contribution in [0.2, 0.25) is 0 Å². The summed E-state index contributed by atoms with van der Waals surface area (Å²) in [6.45, 7) is 0. The lowest BCUT2D eigenvalue weighted by atomic mass is 9.43. The molecular weight excluding hydrogens is 775 g/mol. The second kappa shape index (κ2) is 15.3. The zero-order valence-corrected chi connectivity index (χ0v) is 35.2. The van der Waals surface area contributed by atoms with Crippen LogP contribution in [0.15, 0.2) is 265 Å². The number of fused-ring (bicyclic) bond motifs is 6. The van der Waals surface area contributed by atoms with Gasteiger partial charge in [0.25, 0.3) is 0 Å². The molecular formula is C62H43NO. The van der Waals surface area contributed by atoms with Crippen LogP contribution < -0.4 is 4.90 Å². The molecule has 2 heteroatoms. The average molecular weight is 818 g/mol. The SMILES string of the molecule is c1ccc(N(c2ccc(-c3ccc4c(c3)-c3ccccc3C(c3ccccc3)(c3ccccc3)C4(c3ccccc3)c3ccccc3)cc2)c2cccc3c2oc2ccccc23)cc1. The third-order valence-corrected chi connectivity index (χ3v) is 13.5. The van der Waals surface area contributed by atoms with Crippen molar-refractivity contribution in [2.24, 2.45) is 0 Å². The number of hydrogen-bond donors (Lipinski definition) is 0. The Morgan fingerprint density at radius 2 is 0.766 bits per heavy atom. The first-order valence-corrected chi connectivity index (χ1v) is 22.1. The molecule has 1 aliphatic carbocycles. The van der Waals surface area contributed by atoms with Crippen LogP contribution in [0, 0.1) is 0 Å². The van der Waals surface area contributed by atoms with Gasteiger partial charge in [0.05, 0.1) is 16.5 Å². The van der Waals surface area contributed by atoms with E-state index in [-0.39, 0.29) is 0 Å². The second-order valence-corrected chi connectivity index (χ2v) is 16.7. The summed E-state index contributed by atoms with van der Waals surface area (Å²) in [5.41, 5.74) is 15.8. The van der Waals surface area contributed by atoms with Gasteiger partial charge in [0.15, 0.2) is 5.58 Å². The van der Waals surface area contributed by atoms with E-state index < -0.39 is 10.8 Å². The lowest BCUT2D eigenvalue weighted by Gasteiger charge is -2.57. The van der Waals surface area contributed by atoms with Crippen molar-refractivity contribution >= 4 is 39.0 Å². The molecule has 1 heterocycles. The average Bonchev–Trinajstić information content (AvgIpc) is 3.77. The fourth-order valence-corrected chi connectivity index (χ4v) is 11.0. The molecule has 64 heavy (non-hydrogen) atoms. The van der Waals surface area contributed by atoms with E-state index >= 15 is 0 Å². The first kappa shape index (κ1) is 37.6. The van der Waals surface area contributed by atoms with Crippen LogP contribution in [-0.2, 0) is 10.8 Å². The Balaban J connectivity index is 1.08. The van der Waals surface area contributed by atoms with Crippen LogP contribution in [-0.4, -0.2) is 0 Å². The van der Waals surface area contributed by atoms with Crippen molar-refractivity contribution in [1.29, 1.82) is 0 Å². The lowest BCUT2D eigenvalue weighted by Crippen LogP contribution is -2.54. The summed E-state index contributed by atoms with van der Waals surface area (Å²) in [4.78, 5) is 2.30. The van der Waals surface area contributed by atoms with E-state index in [1.807, 2.05) is 12.1 Å². The Bertz CT molecular complexity index is 3330. The van der Waals surface area contributed by atoms with E-state index in [9.17, 15) is 0 Å². The second-order valence-electron chi connectivity index (χ2n) is 16.7. The molecule has 0 spiro atoms. The van der Waals surface area contributed by atoms with Crippen LogP contribution in [0.4, 0.5) is 17.1 Å². The van der Waals surface area contributed by atoms with E-state index in [1.54, 1.807) is 0 Å². The van der Waals surface area contributed by atoms with Gasteiger partial charge < -0.3 is 9.32 Å². The molecule has 10 aromatic carbocycles. The minimum Gasteiger partial charge on any atom is -0.454 e. The Hall–Kier alpha value is -8.20. The van der Waals surface area contributed by atoms with Crippen LogP contribution in [0.3, 0.4) is 0 Å². The highest BCUT2D eigenvalue weighted by Crippen LogP contribution is 2.65. The van der Waals surface area contributed by atoms with Crippen molar-refractivity contribution in [3.05, 3.63) is 294 Å². The van der Waals surface area contributed by atoms with Gasteiger partial charge in [-0.25, -0.2) is 0 Å². The van der Waals surface area contributed by atoms with E-state index in [2.05, 4.69) is 254 Å². The summed E-state index contributed by atoms with van der Waals surface area (Å²) < 4.78 is 6.59. The number of furan rings is 1. The molecule has 0 radical (unpaired) electrons. The fraction of sp³-hybridized carbons (Fsp3) is 0.0323. The molecule has 0 bridgehead atoms. The maximum atomic E-state index is 6.59. The van der Waals surface area contributed by atoms with Gasteiger partial charge in [-0.05, 0) is 98.1 Å². The monoisotopic (exact) mass is 817 g/mol. The van der Waals surface area contributed by atoms with E-state index in [1.165, 1.54) is 44.5 Å². The van der Waals surface area contributed by atoms with Crippen molar-refractivity contribution in [2.45, 2.75) is 10.8 Å². The van der Waals surface area contributed by atoms with E-state index in [0.29, 0.717) is 0 Å². The molecule has 0 atom stereocenters. The van der Waals surface area contributed by atoms with Crippen LogP contribution in [0.5, 0.6) is 0 Å². The van der Waals surface area contributed by atoms with Gasteiger partial charge in [0, 0.05) is 22.1 Å². The Labute approximate surface area is 374 Å². The van der Waals surface area contributed by atoms with Gasteiger partial charge in [-0.1, -0.05) is 218 Å². The first-order valence-electron chi connectivity index (χ1n) is 22.1. The maximum Gasteiger partial charge on any atom is 0.159 e. The molecule has 302 valence electrons. The van der Waals surface area contributed by atoms with Gasteiger partial charge >= 0.3 is 0 Å². The molecule has 0 saturated heterocycles. The quantitative estimate of drug-likeness (QED) is 0.152. The molecule has 11 aromatic rings. The molecule has 1 aliphatic rings. The molecule has 2 nitrogen and oxygen atoms in total. The fourth-order valence-electron chi connectivity index (χ4n) is 11.0. The molecule has 0 amide bonds. The van der Waals surface area contributed by atoms with Crippen LogP contribution in [0.25, 0.3) is 44.2 Å². The van der Waals surface area contributed by atoms with Gasteiger partial charge in [-0.3, -0.25) is 0 Å². The Morgan fingerprint density at radius 3 is 1.36 bits per heavy atom. The summed E-state index contributed by atoms with van der Waals surface area (Å²) >= 11 is 0. The van der Waals surface area contributed by atoms with Crippen LogP contribution >= 0.6 is 0 Å². The Morgan fingerprint density at radius 1 is 0.312 bits per heavy atom. The van der Waals surface area contributed by atoms with Crippen molar-refractivity contribution in [3.8, 4) is 22.3 Å². The normalized spacial score (nSPS) is 13.6. The van der Waals surface area contributed by atoms with Crippen molar-refractivity contribution in [3.63, 3.8) is 0 Å². The highest BCUT2D eigenvalue weighted by Gasteiger charge is 2.61. The zero-order chi connectivity index (χ0) is 42.5. The lowest BCUT2D eigenvalue weighted by molar-refractivity contribution is 0.415. The van der Waals surface area contributed by atoms with Crippen LogP contribution in [0.1, 0.15) is 33.4 Å². The maximum absolute atomic E-state index is 6.59. The molecule has 0 unspecified atom stereocenters. The molecule has 0 fully saturated rings. The Kier molecular flexibility index (Phi) is 8.98. The summed E-state index contributed by atoms with van der Waals surface area (Å²) in [6, 6.07) is 95.4. The van der Waals surface area contributed by atoms with E-state index in [4.69, 9.17) is 4.42 Å². The van der Waals surface area contributed by atoms with Gasteiger partial charge in [-0.2, -0.15) is 0 Å². The molecule has 0 N–H and O–H groups in total. The molecule has 12 rings (SSSR count). The molecule has 0 saturated carbocycles. The summed E-state index contributed by atoms with van der Waals surface area (Å²) in [7, 11) is 0. The topological polar surface area (TPSA) is 16.4 Å². The standard InChI is InChI=1S/C62H43NO/c1-6-21-46(22-7-1)61(47-23-8-2-9-24-47)56-34-18-16-31-52(56)55-43-45(39-42-57(55)62(61,48-25-10-3-11-26-48)49-27-12-4-13-28-49)44-37-40-51(41-38-44)63(50-29-14-5-15-30-50)58-35-20-33-54-53-32-17-19-36-59(53)64-60(54)58/h1-43H. The van der Waals surface area contributed by atoms with Gasteiger partial charge in [-0.15, -0.1) is 0 Å². The van der Waals surface area contributed by atoms with Crippen molar-refractivity contribution in [2.75, 3.05) is 4.90 Å². The summed E-state index contributed by atoms with van der Waals surface area (Å²) in [6.07, 6.45) is 0. The summed E-state index contributed by atoms with van der Waals surface area (Å²) in [5.74, 6) is 0. The summed E-state index contributed by atoms with van der Waals surface area (Å²) in [5, 5.41) is 2.22. The minimum atomic E-state index is -0.682. The number of para-hydroxylation sites is 3. The highest BCUT2D eigenvalue weighted by molar-refractivity contribution is 6.10. The van der Waals surface area contributed by atoms with Gasteiger partial charge in [0.1, 0.15) is 5.58 Å². The predicted molar refractivity (Wildman–Crippen MR) is 265 cm³/mol. The molecule has 0 aliphatic heterocycles. The van der Waals surface area contributed by atoms with Crippen molar-refractivity contribution < 1.29 is 4.42 Å². The first-order chi connectivity index (χ1) is 31.8. The smallest absolute Gasteiger partial charge is 0.159 e. The number of nitrogens with zero attached hydrogens (tertiary/aromatic N) is 1. The number of rotatable bonds is 8. The predicted octanol–water partition coefficient (Wildman–Crippen LogP) is 16.1. The third kappa shape index (κ3) is 5.59. The number of anilines is 3. The minimum absolute atomic E-state index is 0.658. The largest absolute Gasteiger partial charge is 0.454 e. The van der Waals surface area contributed by atoms with Gasteiger partial charge in [0.2, 0.25) is 0 Å². The zero-order valence-electron chi connectivity index (χ0n) is 35.2. The van der Waals surface area contributed by atoms with E-state index in [0.717, 1.165) is 50.1 Å².